The lowest BCUT2D eigenvalue weighted by Gasteiger charge is -2.25. The van der Waals surface area contributed by atoms with Crippen molar-refractivity contribution in [2.45, 2.75) is 18.1 Å². The van der Waals surface area contributed by atoms with Gasteiger partial charge < -0.3 is 4.74 Å². The van der Waals surface area contributed by atoms with Crippen LogP contribution in [-0.2, 0) is 23.0 Å². The van der Waals surface area contributed by atoms with Crippen molar-refractivity contribution in [3.8, 4) is 5.75 Å². The van der Waals surface area contributed by atoms with E-state index in [1.54, 1.807) is 12.1 Å². The second-order valence-corrected chi connectivity index (χ2v) is 8.45. The molecule has 0 radical (unpaired) electrons. The maximum Gasteiger partial charge on any atom is 0.271 e. The standard InChI is InChI=1S/C23H24O4S/c24-28(25,26)23(18-27-22-14-8-3-9-15-22)21(16-19-10-4-1-5-11-19)17-20-12-6-2-7-13-20/h1-15,21,23H,16-18H2,(H,24,25,26). The Hall–Kier alpha value is -2.63. The fraction of sp³-hybridized carbons (Fsp3) is 0.217. The minimum absolute atomic E-state index is 0.104. The van der Waals surface area contributed by atoms with Gasteiger partial charge in [-0.3, -0.25) is 4.55 Å². The van der Waals surface area contributed by atoms with E-state index in [2.05, 4.69) is 0 Å². The summed E-state index contributed by atoms with van der Waals surface area (Å²) < 4.78 is 40.2. The van der Waals surface area contributed by atoms with E-state index in [0.717, 1.165) is 11.1 Å². The average molecular weight is 397 g/mol. The molecule has 28 heavy (non-hydrogen) atoms. The molecule has 0 saturated carbocycles. The lowest BCUT2D eigenvalue weighted by molar-refractivity contribution is 0.269. The summed E-state index contributed by atoms with van der Waals surface area (Å²) in [7, 11) is -4.30. The summed E-state index contributed by atoms with van der Waals surface area (Å²) in [4.78, 5) is 0. The van der Waals surface area contributed by atoms with Crippen LogP contribution in [0, 0.1) is 5.92 Å². The molecule has 1 atom stereocenters. The SMILES string of the molecule is O=S(=O)(O)C(COc1ccccc1)C(Cc1ccccc1)Cc1ccccc1. The molecule has 0 heterocycles. The average Bonchev–Trinajstić information content (AvgIpc) is 2.69. The highest BCUT2D eigenvalue weighted by molar-refractivity contribution is 7.86. The highest BCUT2D eigenvalue weighted by atomic mass is 32.2. The number of benzene rings is 3. The van der Waals surface area contributed by atoms with Crippen LogP contribution in [0.5, 0.6) is 5.75 Å². The van der Waals surface area contributed by atoms with Crippen molar-refractivity contribution in [1.29, 1.82) is 0 Å². The van der Waals surface area contributed by atoms with Gasteiger partial charge >= 0.3 is 0 Å². The van der Waals surface area contributed by atoms with Crippen molar-refractivity contribution >= 4 is 10.1 Å². The summed E-state index contributed by atoms with van der Waals surface area (Å²) in [6.45, 7) is -0.104. The van der Waals surface area contributed by atoms with Crippen molar-refractivity contribution < 1.29 is 17.7 Å². The van der Waals surface area contributed by atoms with Gasteiger partial charge in [0.25, 0.3) is 10.1 Å². The fourth-order valence-electron chi connectivity index (χ4n) is 3.33. The number of hydrogen-bond donors (Lipinski definition) is 1. The third kappa shape index (κ3) is 5.94. The topological polar surface area (TPSA) is 63.6 Å². The van der Waals surface area contributed by atoms with Gasteiger partial charge in [0.1, 0.15) is 17.6 Å². The van der Waals surface area contributed by atoms with Crippen LogP contribution in [0.3, 0.4) is 0 Å². The second-order valence-electron chi connectivity index (χ2n) is 6.82. The van der Waals surface area contributed by atoms with E-state index in [1.165, 1.54) is 0 Å². The van der Waals surface area contributed by atoms with E-state index in [0.29, 0.717) is 18.6 Å². The van der Waals surface area contributed by atoms with Gasteiger partial charge in [0, 0.05) is 0 Å². The van der Waals surface area contributed by atoms with E-state index in [-0.39, 0.29) is 12.5 Å². The molecule has 0 aliphatic rings. The van der Waals surface area contributed by atoms with Gasteiger partial charge in [-0.2, -0.15) is 8.42 Å². The molecular weight excluding hydrogens is 372 g/mol. The quantitative estimate of drug-likeness (QED) is 0.544. The van der Waals surface area contributed by atoms with Crippen molar-refractivity contribution in [2.24, 2.45) is 5.92 Å². The zero-order chi connectivity index (χ0) is 19.8. The van der Waals surface area contributed by atoms with Gasteiger partial charge in [0.05, 0.1) is 0 Å². The first-order chi connectivity index (χ1) is 13.5. The van der Waals surface area contributed by atoms with Crippen molar-refractivity contribution in [2.75, 3.05) is 6.61 Å². The summed E-state index contributed by atoms with van der Waals surface area (Å²) >= 11 is 0. The van der Waals surface area contributed by atoms with Crippen LogP contribution < -0.4 is 4.74 Å². The summed E-state index contributed by atoms with van der Waals surface area (Å²) in [6, 6.07) is 28.5. The predicted molar refractivity (Wildman–Crippen MR) is 111 cm³/mol. The van der Waals surface area contributed by atoms with E-state index in [1.807, 2.05) is 78.9 Å². The monoisotopic (exact) mass is 396 g/mol. The zero-order valence-corrected chi connectivity index (χ0v) is 16.3. The van der Waals surface area contributed by atoms with E-state index in [9.17, 15) is 13.0 Å². The molecule has 0 aliphatic carbocycles. The minimum Gasteiger partial charge on any atom is -0.492 e. The molecule has 1 N–H and O–H groups in total. The normalized spacial score (nSPS) is 12.6. The molecular formula is C23H24O4S. The molecule has 0 bridgehead atoms. The molecule has 0 aromatic heterocycles. The first-order valence-electron chi connectivity index (χ1n) is 9.24. The van der Waals surface area contributed by atoms with E-state index >= 15 is 0 Å². The number of para-hydroxylation sites is 1. The van der Waals surface area contributed by atoms with Crippen LogP contribution in [0.4, 0.5) is 0 Å². The molecule has 3 rings (SSSR count). The Labute approximate surface area is 166 Å². The molecule has 3 aromatic rings. The Balaban J connectivity index is 1.86. The first-order valence-corrected chi connectivity index (χ1v) is 10.7. The molecule has 146 valence electrons. The summed E-state index contributed by atoms with van der Waals surface area (Å²) in [5.74, 6) is 0.248. The molecule has 0 saturated heterocycles. The van der Waals surface area contributed by atoms with Crippen LogP contribution >= 0.6 is 0 Å². The lowest BCUT2D eigenvalue weighted by atomic mass is 9.90. The highest BCUT2D eigenvalue weighted by Gasteiger charge is 2.33. The van der Waals surface area contributed by atoms with Crippen LogP contribution in [0.15, 0.2) is 91.0 Å². The molecule has 1 unspecified atom stereocenters. The number of rotatable bonds is 9. The summed E-state index contributed by atoms with van der Waals surface area (Å²) in [5, 5.41) is -1.03. The Morgan fingerprint density at radius 3 is 1.57 bits per heavy atom. The highest BCUT2D eigenvalue weighted by Crippen LogP contribution is 2.24. The van der Waals surface area contributed by atoms with E-state index < -0.39 is 15.4 Å². The Kier molecular flexibility index (Phi) is 6.85. The first kappa shape index (κ1) is 20.1. The van der Waals surface area contributed by atoms with Crippen molar-refractivity contribution in [1.82, 2.24) is 0 Å². The molecule has 0 spiro atoms. The van der Waals surface area contributed by atoms with Gasteiger partial charge in [0.15, 0.2) is 0 Å². The van der Waals surface area contributed by atoms with Crippen LogP contribution in [0.1, 0.15) is 11.1 Å². The molecule has 0 aliphatic heterocycles. The molecule has 4 nitrogen and oxygen atoms in total. The largest absolute Gasteiger partial charge is 0.492 e. The number of hydrogen-bond acceptors (Lipinski definition) is 3. The zero-order valence-electron chi connectivity index (χ0n) is 15.5. The van der Waals surface area contributed by atoms with Gasteiger partial charge in [0.2, 0.25) is 0 Å². The molecule has 5 heteroatoms. The third-order valence-corrected chi connectivity index (χ3v) is 6.03. The van der Waals surface area contributed by atoms with Crippen LogP contribution in [-0.4, -0.2) is 24.8 Å². The van der Waals surface area contributed by atoms with Crippen LogP contribution in [0.25, 0.3) is 0 Å². The smallest absolute Gasteiger partial charge is 0.271 e. The summed E-state index contributed by atoms with van der Waals surface area (Å²) in [6.07, 6.45) is 1.05. The molecule has 3 aromatic carbocycles. The number of ether oxygens (including phenoxy) is 1. The van der Waals surface area contributed by atoms with Gasteiger partial charge in [-0.05, 0) is 42.0 Å². The fourth-order valence-corrected chi connectivity index (χ4v) is 4.25. The molecule has 0 amide bonds. The van der Waals surface area contributed by atoms with Crippen molar-refractivity contribution in [3.05, 3.63) is 102 Å². The van der Waals surface area contributed by atoms with Gasteiger partial charge in [-0.25, -0.2) is 0 Å². The maximum absolute atomic E-state index is 12.3. The Bertz CT molecular complexity index is 900. The van der Waals surface area contributed by atoms with Gasteiger partial charge in [-0.1, -0.05) is 78.9 Å². The Morgan fingerprint density at radius 1 is 0.714 bits per heavy atom. The third-order valence-electron chi connectivity index (χ3n) is 4.75. The second kappa shape index (κ2) is 9.53. The predicted octanol–water partition coefficient (Wildman–Crippen LogP) is 4.42. The lowest BCUT2D eigenvalue weighted by Crippen LogP contribution is -2.37. The van der Waals surface area contributed by atoms with Gasteiger partial charge in [-0.15, -0.1) is 0 Å². The minimum atomic E-state index is -4.30. The van der Waals surface area contributed by atoms with E-state index in [4.69, 9.17) is 4.74 Å². The molecule has 0 fully saturated rings. The maximum atomic E-state index is 12.3. The van der Waals surface area contributed by atoms with Crippen molar-refractivity contribution in [3.63, 3.8) is 0 Å². The van der Waals surface area contributed by atoms with Crippen LogP contribution in [0.2, 0.25) is 0 Å². The summed E-state index contributed by atoms with van der Waals surface area (Å²) in [5.41, 5.74) is 2.05. The Morgan fingerprint density at radius 2 is 1.14 bits per heavy atom.